The van der Waals surface area contributed by atoms with Gasteiger partial charge in [0.25, 0.3) is 0 Å². The molecule has 90 valence electrons. The van der Waals surface area contributed by atoms with E-state index in [1.807, 2.05) is 17.5 Å². The molecule has 0 fully saturated rings. The Bertz CT molecular complexity index is 739. The second-order valence-corrected chi connectivity index (χ2v) is 5.45. The molecule has 2 aromatic heterocycles. The lowest BCUT2D eigenvalue weighted by Gasteiger charge is -2.04. The fourth-order valence-corrected chi connectivity index (χ4v) is 2.92. The highest BCUT2D eigenvalue weighted by Crippen LogP contribution is 2.33. The van der Waals surface area contributed by atoms with Crippen LogP contribution in [0.25, 0.3) is 21.6 Å². The van der Waals surface area contributed by atoms with Crippen molar-refractivity contribution in [1.82, 2.24) is 9.97 Å². The van der Waals surface area contributed by atoms with Gasteiger partial charge in [0.1, 0.15) is 5.82 Å². The molecule has 3 aromatic rings. The molecule has 0 amide bonds. The van der Waals surface area contributed by atoms with Gasteiger partial charge in [-0.25, -0.2) is 9.97 Å². The Balaban J connectivity index is 2.28. The van der Waals surface area contributed by atoms with Crippen LogP contribution < -0.4 is 5.73 Å². The van der Waals surface area contributed by atoms with E-state index < -0.39 is 0 Å². The number of aromatic nitrogens is 2. The van der Waals surface area contributed by atoms with Crippen LogP contribution in [0, 0.1) is 0 Å². The largest absolute Gasteiger partial charge is 0.383 e. The normalized spacial score (nSPS) is 11.0. The first-order valence-electron chi connectivity index (χ1n) is 5.11. The lowest BCUT2D eigenvalue weighted by atomic mass is 10.2. The number of rotatable bonds is 1. The minimum Gasteiger partial charge on any atom is -0.383 e. The van der Waals surface area contributed by atoms with E-state index in [2.05, 4.69) is 9.97 Å². The van der Waals surface area contributed by atoms with Gasteiger partial charge in [0.15, 0.2) is 5.82 Å². The van der Waals surface area contributed by atoms with Crippen molar-refractivity contribution in [3.8, 4) is 10.7 Å². The Hall–Kier alpha value is -1.36. The molecular formula is C12H7Cl2N3S. The maximum Gasteiger partial charge on any atom is 0.173 e. The number of hydrogen-bond acceptors (Lipinski definition) is 4. The average molecular weight is 296 g/mol. The van der Waals surface area contributed by atoms with E-state index in [0.717, 1.165) is 15.8 Å². The molecule has 18 heavy (non-hydrogen) atoms. The van der Waals surface area contributed by atoms with Crippen molar-refractivity contribution in [2.75, 3.05) is 5.73 Å². The number of thiophene rings is 1. The van der Waals surface area contributed by atoms with Gasteiger partial charge >= 0.3 is 0 Å². The van der Waals surface area contributed by atoms with Gasteiger partial charge in [-0.05, 0) is 29.6 Å². The van der Waals surface area contributed by atoms with E-state index in [1.165, 1.54) is 11.3 Å². The van der Waals surface area contributed by atoms with Gasteiger partial charge in [0, 0.05) is 10.4 Å². The summed E-state index contributed by atoms with van der Waals surface area (Å²) in [6.07, 6.45) is 0. The average Bonchev–Trinajstić information content (AvgIpc) is 2.76. The number of halogens is 2. The van der Waals surface area contributed by atoms with E-state index in [9.17, 15) is 0 Å². The highest BCUT2D eigenvalue weighted by molar-refractivity contribution is 7.14. The summed E-state index contributed by atoms with van der Waals surface area (Å²) in [4.78, 5) is 9.56. The lowest BCUT2D eigenvalue weighted by molar-refractivity contribution is 1.25. The summed E-state index contributed by atoms with van der Waals surface area (Å²) < 4.78 is 0. The number of benzene rings is 1. The first-order valence-corrected chi connectivity index (χ1v) is 6.75. The Morgan fingerprint density at radius 1 is 1.11 bits per heavy atom. The number of fused-ring (bicyclic) bond motifs is 1. The summed E-state index contributed by atoms with van der Waals surface area (Å²) in [5.41, 5.74) is 6.69. The molecule has 3 rings (SSSR count). The Morgan fingerprint density at radius 2 is 1.94 bits per heavy atom. The van der Waals surface area contributed by atoms with Crippen LogP contribution >= 0.6 is 34.5 Å². The molecular weight excluding hydrogens is 289 g/mol. The molecule has 3 nitrogen and oxygen atoms in total. The second-order valence-electron chi connectivity index (χ2n) is 3.69. The molecule has 0 spiro atoms. The van der Waals surface area contributed by atoms with Crippen LogP contribution in [0.1, 0.15) is 0 Å². The van der Waals surface area contributed by atoms with E-state index in [-0.39, 0.29) is 0 Å². The topological polar surface area (TPSA) is 51.8 Å². The smallest absolute Gasteiger partial charge is 0.173 e. The van der Waals surface area contributed by atoms with Crippen molar-refractivity contribution < 1.29 is 0 Å². The monoisotopic (exact) mass is 295 g/mol. The minimum atomic E-state index is 0.405. The molecule has 0 aliphatic heterocycles. The van der Waals surface area contributed by atoms with Crippen LogP contribution in [0.15, 0.2) is 29.6 Å². The highest BCUT2D eigenvalue weighted by atomic mass is 35.5. The fourth-order valence-electron chi connectivity index (χ4n) is 1.68. The molecule has 0 atom stereocenters. The standard InChI is InChI=1S/C12H7Cl2N3S/c13-6-1-2-9-7(5-6)11(15)17-12(16-9)10-8(14)3-4-18-10/h1-5H,(H2,15,16,17). The van der Waals surface area contributed by atoms with Gasteiger partial charge in [-0.3, -0.25) is 0 Å². The quantitative estimate of drug-likeness (QED) is 0.730. The predicted octanol–water partition coefficient (Wildman–Crippen LogP) is 4.25. The molecule has 0 unspecified atom stereocenters. The zero-order valence-electron chi connectivity index (χ0n) is 9.02. The van der Waals surface area contributed by atoms with Gasteiger partial charge < -0.3 is 5.73 Å². The summed E-state index contributed by atoms with van der Waals surface area (Å²) in [5, 5.41) is 3.88. The number of nitrogens with two attached hydrogens (primary N) is 1. The molecule has 0 saturated carbocycles. The summed E-state index contributed by atoms with van der Waals surface area (Å²) in [7, 11) is 0. The molecule has 0 aliphatic rings. The van der Waals surface area contributed by atoms with E-state index in [0.29, 0.717) is 21.7 Å². The summed E-state index contributed by atoms with van der Waals surface area (Å²) in [5.74, 6) is 0.948. The zero-order valence-corrected chi connectivity index (χ0v) is 11.4. The molecule has 0 saturated heterocycles. The van der Waals surface area contributed by atoms with Crippen LogP contribution in [0.5, 0.6) is 0 Å². The number of nitrogens with zero attached hydrogens (tertiary/aromatic N) is 2. The molecule has 6 heteroatoms. The Labute approximate surface area is 117 Å². The van der Waals surface area contributed by atoms with Crippen LogP contribution in [0.2, 0.25) is 10.0 Å². The molecule has 1 aromatic carbocycles. The van der Waals surface area contributed by atoms with Crippen LogP contribution in [0.3, 0.4) is 0 Å². The van der Waals surface area contributed by atoms with Crippen LogP contribution in [-0.2, 0) is 0 Å². The van der Waals surface area contributed by atoms with Gasteiger partial charge in [0.2, 0.25) is 0 Å². The summed E-state index contributed by atoms with van der Waals surface area (Å²) >= 11 is 13.5. The first kappa shape index (κ1) is 11.7. The van der Waals surface area contributed by atoms with Crippen molar-refractivity contribution in [2.24, 2.45) is 0 Å². The van der Waals surface area contributed by atoms with Crippen LogP contribution in [0.4, 0.5) is 5.82 Å². The Morgan fingerprint density at radius 3 is 2.67 bits per heavy atom. The van der Waals surface area contributed by atoms with Crippen molar-refractivity contribution in [3.05, 3.63) is 39.7 Å². The van der Waals surface area contributed by atoms with E-state index >= 15 is 0 Å². The van der Waals surface area contributed by atoms with Crippen molar-refractivity contribution >= 4 is 51.3 Å². The molecule has 0 aliphatic carbocycles. The maximum absolute atomic E-state index is 6.07. The maximum atomic E-state index is 6.07. The Kier molecular flexibility index (Phi) is 2.86. The lowest BCUT2D eigenvalue weighted by Crippen LogP contribution is -1.97. The predicted molar refractivity (Wildman–Crippen MR) is 77.3 cm³/mol. The fraction of sp³-hybridized carbons (Fsp3) is 0. The SMILES string of the molecule is Nc1nc(-c2sccc2Cl)nc2ccc(Cl)cc12. The van der Waals surface area contributed by atoms with Crippen molar-refractivity contribution in [2.45, 2.75) is 0 Å². The van der Waals surface area contributed by atoms with E-state index in [4.69, 9.17) is 28.9 Å². The van der Waals surface area contributed by atoms with Crippen molar-refractivity contribution in [3.63, 3.8) is 0 Å². The number of nitrogen functional groups attached to an aromatic ring is 1. The second kappa shape index (κ2) is 4.39. The molecule has 0 bridgehead atoms. The molecule has 2 heterocycles. The number of anilines is 1. The third-order valence-corrected chi connectivity index (χ3v) is 4.08. The van der Waals surface area contributed by atoms with Crippen LogP contribution in [-0.4, -0.2) is 9.97 Å². The van der Waals surface area contributed by atoms with Crippen molar-refractivity contribution in [1.29, 1.82) is 0 Å². The summed E-state index contributed by atoms with van der Waals surface area (Å²) in [6, 6.07) is 7.16. The van der Waals surface area contributed by atoms with Gasteiger partial charge in [-0.1, -0.05) is 23.2 Å². The number of hydrogen-bond donors (Lipinski definition) is 1. The molecule has 2 N–H and O–H groups in total. The minimum absolute atomic E-state index is 0.405. The third kappa shape index (κ3) is 1.92. The molecule has 0 radical (unpaired) electrons. The zero-order chi connectivity index (χ0) is 12.7. The highest BCUT2D eigenvalue weighted by Gasteiger charge is 2.11. The third-order valence-electron chi connectivity index (χ3n) is 2.51. The van der Waals surface area contributed by atoms with Gasteiger partial charge in [-0.15, -0.1) is 11.3 Å². The summed E-state index contributed by atoms with van der Waals surface area (Å²) in [6.45, 7) is 0. The van der Waals surface area contributed by atoms with Gasteiger partial charge in [-0.2, -0.15) is 0 Å². The van der Waals surface area contributed by atoms with E-state index in [1.54, 1.807) is 12.1 Å². The first-order chi connectivity index (χ1) is 8.65. The van der Waals surface area contributed by atoms with Gasteiger partial charge in [0.05, 0.1) is 15.4 Å².